The van der Waals surface area contributed by atoms with Crippen molar-refractivity contribution in [3.8, 4) is 0 Å². The van der Waals surface area contributed by atoms with Crippen molar-refractivity contribution >= 4 is 42.1 Å². The van der Waals surface area contributed by atoms with Gasteiger partial charge in [0.25, 0.3) is 0 Å². The first-order chi connectivity index (χ1) is 11.1. The predicted molar refractivity (Wildman–Crippen MR) is 103 cm³/mol. The summed E-state index contributed by atoms with van der Waals surface area (Å²) in [5, 5.41) is 2.81. The molecule has 1 amide bonds. The summed E-state index contributed by atoms with van der Waals surface area (Å²) >= 11 is 0. The SMILES string of the molecule is Cl.Cl.NC1(C(=O)Nc2cc(F)cc(N3CCOCC3)c2)CCCCC1. The van der Waals surface area contributed by atoms with Crippen molar-refractivity contribution in [2.75, 3.05) is 36.5 Å². The first kappa shape index (κ1) is 22.0. The largest absolute Gasteiger partial charge is 0.378 e. The number of carbonyl (C=O) groups is 1. The van der Waals surface area contributed by atoms with Gasteiger partial charge in [-0.25, -0.2) is 4.39 Å². The lowest BCUT2D eigenvalue weighted by molar-refractivity contribution is -0.122. The lowest BCUT2D eigenvalue weighted by atomic mass is 9.82. The molecule has 5 nitrogen and oxygen atoms in total. The first-order valence-corrected chi connectivity index (χ1v) is 8.30. The zero-order valence-corrected chi connectivity index (χ0v) is 15.8. The molecular weight excluding hydrogens is 368 g/mol. The third kappa shape index (κ3) is 5.45. The van der Waals surface area contributed by atoms with Gasteiger partial charge in [-0.05, 0) is 31.0 Å². The minimum Gasteiger partial charge on any atom is -0.378 e. The van der Waals surface area contributed by atoms with Crippen LogP contribution in [0.1, 0.15) is 32.1 Å². The van der Waals surface area contributed by atoms with E-state index in [9.17, 15) is 9.18 Å². The number of amides is 1. The van der Waals surface area contributed by atoms with Gasteiger partial charge in [0.15, 0.2) is 0 Å². The van der Waals surface area contributed by atoms with E-state index in [0.717, 1.165) is 38.0 Å². The van der Waals surface area contributed by atoms with E-state index in [4.69, 9.17) is 10.5 Å². The van der Waals surface area contributed by atoms with Crippen molar-refractivity contribution in [2.45, 2.75) is 37.6 Å². The average Bonchev–Trinajstić information content (AvgIpc) is 2.56. The van der Waals surface area contributed by atoms with Crippen LogP contribution in [0.2, 0.25) is 0 Å². The van der Waals surface area contributed by atoms with Crippen LogP contribution >= 0.6 is 24.8 Å². The number of nitrogens with one attached hydrogen (secondary N) is 1. The molecule has 1 aliphatic heterocycles. The molecule has 0 bridgehead atoms. The number of morpholine rings is 1. The maximum atomic E-state index is 13.9. The van der Waals surface area contributed by atoms with E-state index in [1.165, 1.54) is 12.1 Å². The Morgan fingerprint density at radius 2 is 1.76 bits per heavy atom. The van der Waals surface area contributed by atoms with E-state index in [1.807, 2.05) is 0 Å². The Hall–Kier alpha value is -1.08. The van der Waals surface area contributed by atoms with Crippen LogP contribution in [0.25, 0.3) is 0 Å². The Labute approximate surface area is 160 Å². The molecule has 0 atom stereocenters. The lowest BCUT2D eigenvalue weighted by Crippen LogP contribution is -2.52. The molecule has 8 heteroatoms. The fourth-order valence-electron chi connectivity index (χ4n) is 3.32. The van der Waals surface area contributed by atoms with Crippen LogP contribution in [0.5, 0.6) is 0 Å². The third-order valence-electron chi connectivity index (χ3n) is 4.71. The molecule has 1 aliphatic carbocycles. The van der Waals surface area contributed by atoms with Crippen LogP contribution in [0.3, 0.4) is 0 Å². The Morgan fingerprint density at radius 1 is 1.12 bits per heavy atom. The summed E-state index contributed by atoms with van der Waals surface area (Å²) < 4.78 is 19.2. The predicted octanol–water partition coefficient (Wildman–Crippen LogP) is 3.11. The second-order valence-electron chi connectivity index (χ2n) is 6.47. The lowest BCUT2D eigenvalue weighted by Gasteiger charge is -2.32. The number of anilines is 2. The topological polar surface area (TPSA) is 67.6 Å². The van der Waals surface area contributed by atoms with Gasteiger partial charge in [0.2, 0.25) is 5.91 Å². The Morgan fingerprint density at radius 3 is 2.40 bits per heavy atom. The average molecular weight is 394 g/mol. The summed E-state index contributed by atoms with van der Waals surface area (Å²) in [4.78, 5) is 14.6. The molecule has 1 aromatic rings. The zero-order valence-electron chi connectivity index (χ0n) is 14.1. The van der Waals surface area contributed by atoms with Crippen LogP contribution in [0, 0.1) is 5.82 Å². The van der Waals surface area contributed by atoms with Crippen LogP contribution < -0.4 is 16.0 Å². The van der Waals surface area contributed by atoms with Crippen molar-refractivity contribution < 1.29 is 13.9 Å². The summed E-state index contributed by atoms with van der Waals surface area (Å²) in [6.07, 6.45) is 4.42. The summed E-state index contributed by atoms with van der Waals surface area (Å²) in [5.74, 6) is -0.574. The number of hydrogen-bond donors (Lipinski definition) is 2. The van der Waals surface area contributed by atoms with Crippen LogP contribution in [-0.2, 0) is 9.53 Å². The van der Waals surface area contributed by atoms with Gasteiger partial charge < -0.3 is 20.7 Å². The second-order valence-corrected chi connectivity index (χ2v) is 6.47. The van der Waals surface area contributed by atoms with Crippen molar-refractivity contribution in [3.05, 3.63) is 24.0 Å². The Balaban J connectivity index is 0.00000156. The maximum Gasteiger partial charge on any atom is 0.244 e. The minimum absolute atomic E-state index is 0. The fourth-order valence-corrected chi connectivity index (χ4v) is 3.32. The molecule has 0 spiro atoms. The molecule has 1 saturated heterocycles. The number of rotatable bonds is 3. The quantitative estimate of drug-likeness (QED) is 0.827. The van der Waals surface area contributed by atoms with Gasteiger partial charge in [-0.1, -0.05) is 19.3 Å². The van der Waals surface area contributed by atoms with E-state index in [2.05, 4.69) is 10.2 Å². The van der Waals surface area contributed by atoms with Crippen molar-refractivity contribution in [3.63, 3.8) is 0 Å². The molecule has 2 aliphatic rings. The monoisotopic (exact) mass is 393 g/mol. The fraction of sp³-hybridized carbons (Fsp3) is 0.588. The molecule has 1 aromatic carbocycles. The number of carbonyl (C=O) groups excluding carboxylic acids is 1. The molecule has 0 radical (unpaired) electrons. The molecule has 3 N–H and O–H groups in total. The third-order valence-corrected chi connectivity index (χ3v) is 4.71. The molecule has 1 heterocycles. The van der Waals surface area contributed by atoms with Gasteiger partial charge in [0.05, 0.1) is 18.8 Å². The number of hydrogen-bond acceptors (Lipinski definition) is 4. The molecular formula is C17H26Cl2FN3O2. The van der Waals surface area contributed by atoms with Crippen molar-refractivity contribution in [2.24, 2.45) is 5.73 Å². The first-order valence-electron chi connectivity index (χ1n) is 8.30. The highest BCUT2D eigenvalue weighted by molar-refractivity contribution is 5.98. The van der Waals surface area contributed by atoms with Gasteiger partial charge in [-0.3, -0.25) is 4.79 Å². The molecule has 3 rings (SSSR count). The number of ether oxygens (including phenoxy) is 1. The van der Waals surface area contributed by atoms with E-state index in [1.54, 1.807) is 6.07 Å². The summed E-state index contributed by atoms with van der Waals surface area (Å²) in [6.45, 7) is 2.70. The van der Waals surface area contributed by atoms with Gasteiger partial charge in [0.1, 0.15) is 5.82 Å². The van der Waals surface area contributed by atoms with Gasteiger partial charge in [-0.15, -0.1) is 24.8 Å². The van der Waals surface area contributed by atoms with E-state index in [-0.39, 0.29) is 36.5 Å². The van der Waals surface area contributed by atoms with E-state index < -0.39 is 5.54 Å². The van der Waals surface area contributed by atoms with Gasteiger partial charge in [0, 0.05) is 24.5 Å². The summed E-state index contributed by atoms with van der Waals surface area (Å²) in [7, 11) is 0. The number of nitrogens with zero attached hydrogens (tertiary/aromatic N) is 1. The minimum atomic E-state index is -0.830. The van der Waals surface area contributed by atoms with Crippen LogP contribution in [-0.4, -0.2) is 37.7 Å². The maximum absolute atomic E-state index is 13.9. The Kier molecular flexibility index (Phi) is 8.41. The van der Waals surface area contributed by atoms with Crippen molar-refractivity contribution in [1.29, 1.82) is 0 Å². The van der Waals surface area contributed by atoms with Crippen LogP contribution in [0.4, 0.5) is 15.8 Å². The highest BCUT2D eigenvalue weighted by Gasteiger charge is 2.35. The molecule has 25 heavy (non-hydrogen) atoms. The number of halogens is 3. The summed E-state index contributed by atoms with van der Waals surface area (Å²) in [6, 6.07) is 4.63. The molecule has 0 aromatic heterocycles. The van der Waals surface area contributed by atoms with Gasteiger partial charge in [-0.2, -0.15) is 0 Å². The highest BCUT2D eigenvalue weighted by atomic mass is 35.5. The molecule has 0 unspecified atom stereocenters. The Bertz CT molecular complexity index is 577. The molecule has 142 valence electrons. The van der Waals surface area contributed by atoms with E-state index in [0.29, 0.717) is 31.7 Å². The molecule has 1 saturated carbocycles. The highest BCUT2D eigenvalue weighted by Crippen LogP contribution is 2.28. The van der Waals surface area contributed by atoms with Crippen molar-refractivity contribution in [1.82, 2.24) is 0 Å². The summed E-state index contributed by atoms with van der Waals surface area (Å²) in [5.41, 5.74) is 6.63. The van der Waals surface area contributed by atoms with Crippen LogP contribution in [0.15, 0.2) is 18.2 Å². The van der Waals surface area contributed by atoms with E-state index >= 15 is 0 Å². The standard InChI is InChI=1S/C17H24FN3O2.2ClH/c18-13-10-14(12-15(11-13)21-6-8-23-9-7-21)20-16(22)17(19)4-2-1-3-5-17;;/h10-12H,1-9,19H2,(H,20,22);2*1H. The second kappa shape index (κ2) is 9.57. The normalized spacial score (nSPS) is 19.4. The zero-order chi connectivity index (χ0) is 16.3. The molecule has 2 fully saturated rings. The number of benzene rings is 1. The van der Waals surface area contributed by atoms with Gasteiger partial charge >= 0.3 is 0 Å². The smallest absolute Gasteiger partial charge is 0.244 e. The number of nitrogens with two attached hydrogens (primary N) is 1.